The number of aliphatic hydroxyl groups excluding tert-OH is 13. The van der Waals surface area contributed by atoms with Crippen molar-refractivity contribution in [2.24, 2.45) is 0 Å². The van der Waals surface area contributed by atoms with Gasteiger partial charge in [-0.1, -0.05) is 0 Å². The number of aliphatic hydroxyl groups is 13. The smallest absolute Gasteiger partial charge is 0.394 e. The molecule has 4 aliphatic rings. The predicted octanol–water partition coefficient (Wildman–Crippen LogP) is -9.63. The molecule has 24 nitrogen and oxygen atoms in total. The van der Waals surface area contributed by atoms with Crippen molar-refractivity contribution < 1.29 is 118 Å². The van der Waals surface area contributed by atoms with Crippen LogP contribution < -0.4 is 0 Å². The Morgan fingerprint density at radius 3 is 1.31 bits per heavy atom. The van der Waals surface area contributed by atoms with Gasteiger partial charge in [-0.25, -0.2) is 4.57 Å². The summed E-state index contributed by atoms with van der Waals surface area (Å²) in [5, 5.41) is 133. The minimum atomic E-state index is -5.52. The molecule has 0 spiro atoms. The Balaban J connectivity index is 1.52. The molecule has 49 heavy (non-hydrogen) atoms. The molecule has 0 unspecified atom stereocenters. The fraction of sp³-hybridized carbons (Fsp3) is 1.00. The summed E-state index contributed by atoms with van der Waals surface area (Å²) in [6, 6.07) is 0. The lowest BCUT2D eigenvalue weighted by molar-refractivity contribution is -0.386. The summed E-state index contributed by atoms with van der Waals surface area (Å²) in [4.78, 5) is 19.1. The van der Waals surface area contributed by atoms with E-state index in [-0.39, 0.29) is 0 Å². The van der Waals surface area contributed by atoms with E-state index in [0.29, 0.717) is 0 Å². The molecule has 0 aromatic carbocycles. The monoisotopic (exact) mass is 746 g/mol. The Morgan fingerprint density at radius 1 is 0.429 bits per heavy atom. The van der Waals surface area contributed by atoms with Gasteiger partial charge in [0.05, 0.1) is 26.4 Å². The van der Waals surface area contributed by atoms with Gasteiger partial charge >= 0.3 is 7.82 Å². The highest BCUT2D eigenvalue weighted by atomic mass is 31.2. The SMILES string of the molecule is O=P(O)(O)O[C@H]1[C@@H](O[C@H]2[C@H](O)[C@@H](O)[C@@H](O)O[C@@H]2CO)O[C@H](CO)[C@@H](O[C@H]2O[C@H](CO)[C@@H](O[C@H]3O[C@H](CO)[C@@H](O)[C@H](O)[C@H]3O)[C@H](O)[C@H]2O)[C@@H]1O. The Labute approximate surface area is 275 Å². The van der Waals surface area contributed by atoms with Crippen LogP contribution >= 0.6 is 7.82 Å². The highest BCUT2D eigenvalue weighted by Crippen LogP contribution is 2.43. The van der Waals surface area contributed by atoms with Crippen molar-refractivity contribution >= 4 is 7.82 Å². The van der Waals surface area contributed by atoms with E-state index < -0.39 is 157 Å². The first-order valence-electron chi connectivity index (χ1n) is 14.9. The number of hydrogen-bond donors (Lipinski definition) is 15. The summed E-state index contributed by atoms with van der Waals surface area (Å²) in [7, 11) is -5.52. The molecule has 0 aromatic rings. The Bertz CT molecular complexity index is 1080. The van der Waals surface area contributed by atoms with Gasteiger partial charge in [0.25, 0.3) is 0 Å². The molecule has 0 bridgehead atoms. The van der Waals surface area contributed by atoms with Gasteiger partial charge in [-0.15, -0.1) is 0 Å². The van der Waals surface area contributed by atoms with Crippen LogP contribution in [0.15, 0.2) is 0 Å². The van der Waals surface area contributed by atoms with Crippen molar-refractivity contribution in [2.45, 2.75) is 123 Å². The molecule has 4 heterocycles. The first-order chi connectivity index (χ1) is 23.0. The second-order valence-electron chi connectivity index (χ2n) is 11.7. The maximum atomic E-state index is 11.8. The normalized spacial score (nSPS) is 49.9. The van der Waals surface area contributed by atoms with Gasteiger partial charge in [-0.3, -0.25) is 4.52 Å². The van der Waals surface area contributed by atoms with Crippen molar-refractivity contribution in [2.75, 3.05) is 26.4 Å². The Kier molecular flexibility index (Phi) is 14.2. The van der Waals surface area contributed by atoms with Crippen LogP contribution in [0.3, 0.4) is 0 Å². The molecule has 0 radical (unpaired) electrons. The van der Waals surface area contributed by atoms with Crippen LogP contribution in [0, 0.1) is 0 Å². The van der Waals surface area contributed by atoms with E-state index >= 15 is 0 Å². The van der Waals surface area contributed by atoms with E-state index in [9.17, 15) is 80.7 Å². The summed E-state index contributed by atoms with van der Waals surface area (Å²) in [6.45, 7) is -3.77. The number of ether oxygens (including phenoxy) is 7. The van der Waals surface area contributed by atoms with E-state index in [4.69, 9.17) is 33.2 Å². The van der Waals surface area contributed by atoms with Gasteiger partial charge in [0.2, 0.25) is 0 Å². The van der Waals surface area contributed by atoms with Crippen LogP contribution in [0.4, 0.5) is 0 Å². The van der Waals surface area contributed by atoms with Crippen LogP contribution in [0.25, 0.3) is 0 Å². The number of rotatable bonds is 12. The molecule has 4 aliphatic heterocycles. The van der Waals surface area contributed by atoms with Crippen molar-refractivity contribution in [3.63, 3.8) is 0 Å². The minimum Gasteiger partial charge on any atom is -0.394 e. The van der Waals surface area contributed by atoms with Gasteiger partial charge in [0, 0.05) is 0 Å². The van der Waals surface area contributed by atoms with Crippen molar-refractivity contribution in [3.8, 4) is 0 Å². The summed E-state index contributed by atoms with van der Waals surface area (Å²) in [5.41, 5.74) is 0. The van der Waals surface area contributed by atoms with E-state index in [2.05, 4.69) is 4.52 Å². The van der Waals surface area contributed by atoms with E-state index in [0.717, 1.165) is 0 Å². The summed E-state index contributed by atoms with van der Waals surface area (Å²) < 4.78 is 54.2. The lowest BCUT2D eigenvalue weighted by Gasteiger charge is -2.49. The standard InChI is InChI=1S/C24H43O24P/c25-1-5-9(29)10(30)14(34)22(42-5)45-18-7(3-27)43-23(15(35)12(18)32)46-19-8(4-28)44-24(20(16(19)36)48-49(38,39)40)47-17-6(2-26)41-21(37)13(33)11(17)31/h5-37H,1-4H2,(H2,38,39,40)/t5-,6-,7-,8-,9-,10+,11-,12-,13-,14-,15-,16+,17-,18-,19-,20-,21+,22-,23-,24-/m1/s1. The quantitative estimate of drug-likeness (QED) is 0.0824. The zero-order valence-corrected chi connectivity index (χ0v) is 26.1. The third-order valence-corrected chi connectivity index (χ3v) is 8.96. The van der Waals surface area contributed by atoms with Gasteiger partial charge in [-0.05, 0) is 0 Å². The van der Waals surface area contributed by atoms with Crippen molar-refractivity contribution in [1.82, 2.24) is 0 Å². The third-order valence-electron chi connectivity index (χ3n) is 8.44. The minimum absolute atomic E-state index is 0.824. The van der Waals surface area contributed by atoms with E-state index in [1.807, 2.05) is 0 Å². The maximum Gasteiger partial charge on any atom is 0.470 e. The molecule has 4 fully saturated rings. The average Bonchev–Trinajstić information content (AvgIpc) is 3.06. The van der Waals surface area contributed by atoms with Crippen LogP contribution in [0.5, 0.6) is 0 Å². The second-order valence-corrected chi connectivity index (χ2v) is 12.9. The van der Waals surface area contributed by atoms with Crippen LogP contribution in [0.1, 0.15) is 0 Å². The summed E-state index contributed by atoms with van der Waals surface area (Å²) >= 11 is 0. The fourth-order valence-corrected chi connectivity index (χ4v) is 6.34. The number of phosphoric ester groups is 1. The molecule has 25 heteroatoms. The van der Waals surface area contributed by atoms with Gasteiger partial charge in [0.15, 0.2) is 25.2 Å². The molecule has 15 N–H and O–H groups in total. The molecule has 0 aliphatic carbocycles. The second kappa shape index (κ2) is 17.0. The first-order valence-corrected chi connectivity index (χ1v) is 16.4. The van der Waals surface area contributed by atoms with Crippen LogP contribution in [0.2, 0.25) is 0 Å². The Morgan fingerprint density at radius 2 is 0.816 bits per heavy atom. The third kappa shape index (κ3) is 8.93. The maximum absolute atomic E-state index is 11.8. The average molecular weight is 747 g/mol. The topological polar surface area (TPSA) is 394 Å². The Hall–Kier alpha value is -0.690. The summed E-state index contributed by atoms with van der Waals surface area (Å²) in [6.07, 6.45) is -38.1. The molecule has 0 saturated carbocycles. The largest absolute Gasteiger partial charge is 0.470 e. The highest BCUT2D eigenvalue weighted by Gasteiger charge is 2.56. The van der Waals surface area contributed by atoms with Gasteiger partial charge in [-0.2, -0.15) is 0 Å². The lowest BCUT2D eigenvalue weighted by Crippen LogP contribution is -2.67. The molecule has 20 atom stereocenters. The molecule has 4 saturated heterocycles. The van der Waals surface area contributed by atoms with Gasteiger partial charge < -0.3 is 109 Å². The first kappa shape index (κ1) is 41.1. The molecule has 4 rings (SSSR count). The van der Waals surface area contributed by atoms with Crippen molar-refractivity contribution in [1.29, 1.82) is 0 Å². The molecule has 0 amide bonds. The van der Waals surface area contributed by atoms with Gasteiger partial charge in [0.1, 0.15) is 97.7 Å². The van der Waals surface area contributed by atoms with E-state index in [1.165, 1.54) is 0 Å². The zero-order chi connectivity index (χ0) is 36.5. The highest BCUT2D eigenvalue weighted by molar-refractivity contribution is 7.46. The zero-order valence-electron chi connectivity index (χ0n) is 25.2. The predicted molar refractivity (Wildman–Crippen MR) is 145 cm³/mol. The number of hydrogen-bond acceptors (Lipinski definition) is 22. The van der Waals surface area contributed by atoms with Crippen LogP contribution in [-0.4, -0.2) is 225 Å². The fourth-order valence-electron chi connectivity index (χ4n) is 5.80. The lowest BCUT2D eigenvalue weighted by atomic mass is 9.95. The molecule has 288 valence electrons. The van der Waals surface area contributed by atoms with Crippen molar-refractivity contribution in [3.05, 3.63) is 0 Å². The number of phosphoric acid groups is 1. The molecular formula is C24H43O24P. The summed E-state index contributed by atoms with van der Waals surface area (Å²) in [5.74, 6) is 0. The molecular weight excluding hydrogens is 703 g/mol. The van der Waals surface area contributed by atoms with E-state index in [1.54, 1.807) is 0 Å². The van der Waals surface area contributed by atoms with Crippen LogP contribution in [-0.2, 0) is 42.2 Å². The molecule has 0 aromatic heterocycles.